The molecule has 0 radical (unpaired) electrons. The van der Waals surface area contributed by atoms with E-state index in [4.69, 9.17) is 4.98 Å². The van der Waals surface area contributed by atoms with E-state index in [2.05, 4.69) is 24.0 Å². The molecule has 1 aliphatic carbocycles. The Morgan fingerprint density at radius 1 is 1.50 bits per heavy atom. The number of anilines is 1. The average Bonchev–Trinajstić information content (AvgIpc) is 3.05. The molecular weight excluding hydrogens is 222 g/mol. The van der Waals surface area contributed by atoms with E-state index in [1.165, 1.54) is 30.5 Å². The number of fused-ring (bicyclic) bond motifs is 1. The van der Waals surface area contributed by atoms with Crippen molar-refractivity contribution in [1.82, 2.24) is 4.98 Å². The van der Waals surface area contributed by atoms with Crippen molar-refractivity contribution in [3.63, 3.8) is 0 Å². The maximum Gasteiger partial charge on any atom is 0.146 e. The van der Waals surface area contributed by atoms with E-state index >= 15 is 0 Å². The normalized spacial score (nSPS) is 22.0. The first-order valence-corrected chi connectivity index (χ1v) is 6.99. The molecule has 3 heteroatoms. The quantitative estimate of drug-likeness (QED) is 0.799. The van der Waals surface area contributed by atoms with Gasteiger partial charge in [-0.1, -0.05) is 13.3 Å². The van der Waals surface area contributed by atoms with Gasteiger partial charge in [-0.15, -0.1) is 0 Å². The Labute approximate surface area is 108 Å². The molecule has 0 spiro atoms. The van der Waals surface area contributed by atoms with Gasteiger partial charge in [0.15, 0.2) is 0 Å². The lowest BCUT2D eigenvalue weighted by atomic mass is 10.1. The number of hydrogen-bond acceptors (Lipinski definition) is 3. The van der Waals surface area contributed by atoms with Crippen molar-refractivity contribution >= 4 is 5.82 Å². The first-order chi connectivity index (χ1) is 8.81. The fourth-order valence-corrected chi connectivity index (χ4v) is 3.14. The predicted octanol–water partition coefficient (Wildman–Crippen LogP) is 2.68. The van der Waals surface area contributed by atoms with E-state index in [-0.39, 0.29) is 0 Å². The van der Waals surface area contributed by atoms with Gasteiger partial charge < -0.3 is 4.90 Å². The molecule has 3 rings (SSSR count). The monoisotopic (exact) mass is 241 g/mol. The lowest BCUT2D eigenvalue weighted by Gasteiger charge is -2.19. The molecular formula is C15H19N3. The Morgan fingerprint density at radius 3 is 3.11 bits per heavy atom. The van der Waals surface area contributed by atoms with Crippen molar-refractivity contribution in [3.8, 4) is 6.07 Å². The van der Waals surface area contributed by atoms with Crippen LogP contribution in [0.25, 0.3) is 0 Å². The zero-order valence-electron chi connectivity index (χ0n) is 10.9. The summed E-state index contributed by atoms with van der Waals surface area (Å²) in [5.74, 6) is 1.71. The van der Waals surface area contributed by atoms with E-state index in [1.807, 2.05) is 0 Å². The molecule has 1 fully saturated rings. The van der Waals surface area contributed by atoms with Crippen LogP contribution in [0.5, 0.6) is 0 Å². The Morgan fingerprint density at radius 2 is 2.39 bits per heavy atom. The van der Waals surface area contributed by atoms with Crippen LogP contribution in [0.1, 0.15) is 43.0 Å². The molecule has 3 nitrogen and oxygen atoms in total. The molecule has 18 heavy (non-hydrogen) atoms. The van der Waals surface area contributed by atoms with Crippen LogP contribution in [0.3, 0.4) is 0 Å². The van der Waals surface area contributed by atoms with E-state index < -0.39 is 0 Å². The van der Waals surface area contributed by atoms with Crippen molar-refractivity contribution in [2.24, 2.45) is 5.92 Å². The fourth-order valence-electron chi connectivity index (χ4n) is 3.14. The highest BCUT2D eigenvalue weighted by molar-refractivity contribution is 5.57. The summed E-state index contributed by atoms with van der Waals surface area (Å²) < 4.78 is 0. The van der Waals surface area contributed by atoms with Gasteiger partial charge in [0, 0.05) is 18.8 Å². The zero-order chi connectivity index (χ0) is 12.5. The van der Waals surface area contributed by atoms with Gasteiger partial charge in [-0.05, 0) is 43.2 Å². The molecule has 1 unspecified atom stereocenters. The molecule has 0 N–H and O–H groups in total. The fraction of sp³-hybridized carbons (Fsp3) is 0.600. The Kier molecular flexibility index (Phi) is 2.95. The van der Waals surface area contributed by atoms with Crippen LogP contribution >= 0.6 is 0 Å². The SMILES string of the molecule is CCC1CCN(c2nc3c(cc2C#N)CCC3)C1. The molecule has 1 aromatic heterocycles. The first-order valence-electron chi connectivity index (χ1n) is 6.99. The molecule has 94 valence electrons. The summed E-state index contributed by atoms with van der Waals surface area (Å²) in [6, 6.07) is 4.40. The zero-order valence-corrected chi connectivity index (χ0v) is 10.9. The lowest BCUT2D eigenvalue weighted by molar-refractivity contribution is 0.568. The minimum absolute atomic E-state index is 0.770. The molecule has 0 amide bonds. The summed E-state index contributed by atoms with van der Waals surface area (Å²) in [7, 11) is 0. The highest BCUT2D eigenvalue weighted by Gasteiger charge is 2.26. The van der Waals surface area contributed by atoms with Gasteiger partial charge in [0.05, 0.1) is 5.56 Å². The van der Waals surface area contributed by atoms with E-state index in [0.29, 0.717) is 0 Å². The van der Waals surface area contributed by atoms with Crippen molar-refractivity contribution in [2.75, 3.05) is 18.0 Å². The third-order valence-electron chi connectivity index (χ3n) is 4.31. The molecule has 1 atom stereocenters. The van der Waals surface area contributed by atoms with Gasteiger partial charge in [-0.3, -0.25) is 0 Å². The number of aryl methyl sites for hydroxylation is 2. The van der Waals surface area contributed by atoms with Gasteiger partial charge in [0.2, 0.25) is 0 Å². The summed E-state index contributed by atoms with van der Waals surface area (Å²) in [4.78, 5) is 7.09. The number of nitrogens with zero attached hydrogens (tertiary/aromatic N) is 3. The summed E-state index contributed by atoms with van der Waals surface area (Å²) >= 11 is 0. The second-order valence-corrected chi connectivity index (χ2v) is 5.44. The molecule has 0 aromatic carbocycles. The van der Waals surface area contributed by atoms with Crippen molar-refractivity contribution in [3.05, 3.63) is 22.9 Å². The van der Waals surface area contributed by atoms with Crippen LogP contribution in [-0.2, 0) is 12.8 Å². The molecule has 1 aliphatic heterocycles. The van der Waals surface area contributed by atoms with Crippen molar-refractivity contribution in [2.45, 2.75) is 39.0 Å². The highest BCUT2D eigenvalue weighted by Crippen LogP contribution is 2.30. The van der Waals surface area contributed by atoms with Crippen molar-refractivity contribution in [1.29, 1.82) is 5.26 Å². The van der Waals surface area contributed by atoms with Gasteiger partial charge >= 0.3 is 0 Å². The van der Waals surface area contributed by atoms with Crippen LogP contribution < -0.4 is 4.90 Å². The molecule has 0 bridgehead atoms. The average molecular weight is 241 g/mol. The standard InChI is InChI=1S/C15H19N3/c1-2-11-6-7-18(10-11)15-13(9-16)8-12-4-3-5-14(12)17-15/h8,11H,2-7,10H2,1H3. The van der Waals surface area contributed by atoms with Gasteiger partial charge in [-0.2, -0.15) is 5.26 Å². The molecule has 2 heterocycles. The largest absolute Gasteiger partial charge is 0.355 e. The highest BCUT2D eigenvalue weighted by atomic mass is 15.2. The number of aromatic nitrogens is 1. The Bertz CT molecular complexity index is 501. The van der Waals surface area contributed by atoms with Gasteiger partial charge in [0.1, 0.15) is 11.9 Å². The summed E-state index contributed by atoms with van der Waals surface area (Å²) in [5, 5.41) is 9.32. The smallest absolute Gasteiger partial charge is 0.146 e. The minimum atomic E-state index is 0.770. The second-order valence-electron chi connectivity index (χ2n) is 5.44. The molecule has 2 aliphatic rings. The number of nitriles is 1. The Balaban J connectivity index is 1.94. The van der Waals surface area contributed by atoms with E-state index in [0.717, 1.165) is 43.2 Å². The topological polar surface area (TPSA) is 39.9 Å². The summed E-state index contributed by atoms with van der Waals surface area (Å²) in [6.45, 7) is 4.37. The summed E-state index contributed by atoms with van der Waals surface area (Å²) in [6.07, 6.45) is 5.83. The van der Waals surface area contributed by atoms with E-state index in [9.17, 15) is 5.26 Å². The van der Waals surface area contributed by atoms with Gasteiger partial charge in [0.25, 0.3) is 0 Å². The lowest BCUT2D eigenvalue weighted by Crippen LogP contribution is -2.22. The van der Waals surface area contributed by atoms with Crippen LogP contribution in [0.15, 0.2) is 6.07 Å². The maximum absolute atomic E-state index is 9.32. The molecule has 0 saturated carbocycles. The molecule has 1 aromatic rings. The van der Waals surface area contributed by atoms with Gasteiger partial charge in [-0.25, -0.2) is 4.98 Å². The number of rotatable bonds is 2. The number of hydrogen-bond donors (Lipinski definition) is 0. The van der Waals surface area contributed by atoms with Crippen molar-refractivity contribution < 1.29 is 0 Å². The third-order valence-corrected chi connectivity index (χ3v) is 4.31. The second kappa shape index (κ2) is 4.61. The summed E-state index contributed by atoms with van der Waals surface area (Å²) in [5.41, 5.74) is 3.29. The van der Waals surface area contributed by atoms with Crippen LogP contribution in [0.4, 0.5) is 5.82 Å². The Hall–Kier alpha value is -1.56. The third kappa shape index (κ3) is 1.86. The molecule has 1 saturated heterocycles. The maximum atomic E-state index is 9.32. The number of pyridine rings is 1. The first kappa shape index (κ1) is 11.5. The minimum Gasteiger partial charge on any atom is -0.355 e. The van der Waals surface area contributed by atoms with Crippen LogP contribution in [0, 0.1) is 17.2 Å². The van der Waals surface area contributed by atoms with Crippen LogP contribution in [-0.4, -0.2) is 18.1 Å². The van der Waals surface area contributed by atoms with E-state index in [1.54, 1.807) is 0 Å². The predicted molar refractivity (Wildman–Crippen MR) is 71.6 cm³/mol. The van der Waals surface area contributed by atoms with Crippen LogP contribution in [0.2, 0.25) is 0 Å².